The van der Waals surface area contributed by atoms with Crippen LogP contribution in [0.1, 0.15) is 35.4 Å². The lowest BCUT2D eigenvalue weighted by atomic mass is 9.81. The summed E-state index contributed by atoms with van der Waals surface area (Å²) in [5, 5.41) is 0. The van der Waals surface area contributed by atoms with E-state index in [1.807, 2.05) is 0 Å². The van der Waals surface area contributed by atoms with Crippen LogP contribution in [0.2, 0.25) is 0 Å². The van der Waals surface area contributed by atoms with Crippen LogP contribution in [0.15, 0.2) is 18.2 Å². The number of carbonyl (C=O) groups is 1. The quantitative estimate of drug-likeness (QED) is 0.674. The third-order valence-corrected chi connectivity index (χ3v) is 3.02. The van der Waals surface area contributed by atoms with Gasteiger partial charge in [-0.05, 0) is 36.5 Å². The van der Waals surface area contributed by atoms with Crippen LogP contribution in [0.4, 0.5) is 13.2 Å². The zero-order valence-corrected chi connectivity index (χ0v) is 8.55. The van der Waals surface area contributed by atoms with Crippen molar-refractivity contribution in [3.8, 4) is 0 Å². The predicted octanol–water partition coefficient (Wildman–Crippen LogP) is 3.32. The third-order valence-electron chi connectivity index (χ3n) is 3.02. The summed E-state index contributed by atoms with van der Waals surface area (Å²) in [5.41, 5.74) is 0.269. The molecule has 0 spiro atoms. The van der Waals surface area contributed by atoms with Gasteiger partial charge < -0.3 is 4.79 Å². The Kier molecular flexibility index (Phi) is 2.74. The minimum atomic E-state index is -4.32. The Balaban J connectivity index is 2.55. The van der Waals surface area contributed by atoms with Crippen LogP contribution in [0.25, 0.3) is 0 Å². The van der Waals surface area contributed by atoms with Gasteiger partial charge in [0.1, 0.15) is 6.29 Å². The number of hydrogen-bond donors (Lipinski definition) is 0. The van der Waals surface area contributed by atoms with Crippen LogP contribution in [0.3, 0.4) is 0 Å². The van der Waals surface area contributed by atoms with Gasteiger partial charge in [0.05, 0.1) is 5.56 Å². The molecule has 0 amide bonds. The molecule has 16 heavy (non-hydrogen) atoms. The fraction of sp³-hybridized carbons (Fsp3) is 0.417. The number of alkyl halides is 3. The van der Waals surface area contributed by atoms with Crippen LogP contribution < -0.4 is 0 Å². The van der Waals surface area contributed by atoms with Gasteiger partial charge in [0, 0.05) is 5.92 Å². The molecule has 2 rings (SSSR count). The zero-order valence-electron chi connectivity index (χ0n) is 8.55. The molecule has 1 nitrogen and oxygen atoms in total. The molecule has 1 aliphatic carbocycles. The first-order chi connectivity index (χ1) is 7.54. The maximum atomic E-state index is 12.7. The number of halogens is 3. The highest BCUT2D eigenvalue weighted by atomic mass is 19.4. The summed E-state index contributed by atoms with van der Waals surface area (Å²) in [5.74, 6) is -0.369. The molecule has 0 saturated heterocycles. The first-order valence-electron chi connectivity index (χ1n) is 5.18. The van der Waals surface area contributed by atoms with E-state index in [1.165, 1.54) is 6.07 Å². The lowest BCUT2D eigenvalue weighted by molar-refractivity contribution is -0.138. The number of aldehydes is 1. The maximum absolute atomic E-state index is 12.7. The van der Waals surface area contributed by atoms with Crippen molar-refractivity contribution in [2.75, 3.05) is 0 Å². The normalized spacial score (nSPS) is 20.3. The molecule has 86 valence electrons. The molecule has 1 aliphatic rings. The van der Waals surface area contributed by atoms with Gasteiger partial charge in [-0.2, -0.15) is 13.2 Å². The van der Waals surface area contributed by atoms with Crippen molar-refractivity contribution in [2.24, 2.45) is 0 Å². The lowest BCUT2D eigenvalue weighted by Gasteiger charge is -2.24. The predicted molar refractivity (Wildman–Crippen MR) is 53.2 cm³/mol. The van der Waals surface area contributed by atoms with E-state index in [2.05, 4.69) is 0 Å². The number of hydrogen-bond acceptors (Lipinski definition) is 1. The monoisotopic (exact) mass is 228 g/mol. The van der Waals surface area contributed by atoms with Crippen molar-refractivity contribution in [3.05, 3.63) is 34.9 Å². The van der Waals surface area contributed by atoms with E-state index in [4.69, 9.17) is 0 Å². The van der Waals surface area contributed by atoms with Crippen molar-refractivity contribution >= 4 is 6.29 Å². The van der Waals surface area contributed by atoms with Gasteiger partial charge in [0.25, 0.3) is 0 Å². The molecule has 0 bridgehead atoms. The summed E-state index contributed by atoms with van der Waals surface area (Å²) in [6.07, 6.45) is -1.87. The van der Waals surface area contributed by atoms with Gasteiger partial charge in [-0.3, -0.25) is 0 Å². The minimum absolute atomic E-state index is 0.304. The second-order valence-corrected chi connectivity index (χ2v) is 4.01. The zero-order chi connectivity index (χ0) is 11.8. The molecule has 0 heterocycles. The van der Waals surface area contributed by atoms with Gasteiger partial charge >= 0.3 is 6.18 Å². The van der Waals surface area contributed by atoms with Crippen LogP contribution in [0, 0.1) is 0 Å². The molecular formula is C12H11F3O. The van der Waals surface area contributed by atoms with Crippen LogP contribution in [-0.2, 0) is 17.4 Å². The van der Waals surface area contributed by atoms with Crippen LogP contribution in [-0.4, -0.2) is 6.29 Å². The molecule has 0 saturated carbocycles. The Labute approximate surface area is 91.3 Å². The van der Waals surface area contributed by atoms with E-state index in [-0.39, 0.29) is 5.92 Å². The van der Waals surface area contributed by atoms with E-state index >= 15 is 0 Å². The Morgan fingerprint density at radius 2 is 2.06 bits per heavy atom. The fourth-order valence-electron chi connectivity index (χ4n) is 2.29. The summed E-state index contributed by atoms with van der Waals surface area (Å²) < 4.78 is 38.2. The summed E-state index contributed by atoms with van der Waals surface area (Å²) in [6, 6.07) is 4.10. The Morgan fingerprint density at radius 3 is 2.69 bits per heavy atom. The molecule has 0 aromatic heterocycles. The third kappa shape index (κ3) is 1.84. The molecule has 1 atom stereocenters. The Morgan fingerprint density at radius 1 is 1.31 bits per heavy atom. The van der Waals surface area contributed by atoms with E-state index in [1.54, 1.807) is 6.07 Å². The van der Waals surface area contributed by atoms with Crippen molar-refractivity contribution < 1.29 is 18.0 Å². The largest absolute Gasteiger partial charge is 0.416 e. The van der Waals surface area contributed by atoms with Crippen LogP contribution >= 0.6 is 0 Å². The fourth-order valence-corrected chi connectivity index (χ4v) is 2.29. The average Bonchev–Trinajstić information content (AvgIpc) is 2.26. The first kappa shape index (κ1) is 11.2. The van der Waals surface area contributed by atoms with E-state index in [0.717, 1.165) is 12.4 Å². The van der Waals surface area contributed by atoms with Gasteiger partial charge in [-0.1, -0.05) is 12.1 Å². The van der Waals surface area contributed by atoms with Crippen molar-refractivity contribution in [1.29, 1.82) is 0 Å². The standard InChI is InChI=1S/C12H11F3O/c13-12(14,15)11-6-2-4-9-8(7-16)3-1-5-10(9)11/h2,4,6-8H,1,3,5H2. The van der Waals surface area contributed by atoms with E-state index in [9.17, 15) is 18.0 Å². The highest BCUT2D eigenvalue weighted by Crippen LogP contribution is 2.39. The van der Waals surface area contributed by atoms with Crippen LogP contribution in [0.5, 0.6) is 0 Å². The molecular weight excluding hydrogens is 217 g/mol. The van der Waals surface area contributed by atoms with Crippen molar-refractivity contribution in [1.82, 2.24) is 0 Å². The highest BCUT2D eigenvalue weighted by Gasteiger charge is 2.35. The van der Waals surface area contributed by atoms with Gasteiger partial charge in [0.2, 0.25) is 0 Å². The van der Waals surface area contributed by atoms with Crippen molar-refractivity contribution in [2.45, 2.75) is 31.4 Å². The number of fused-ring (bicyclic) bond motifs is 1. The topological polar surface area (TPSA) is 17.1 Å². The molecule has 1 aromatic rings. The number of carbonyl (C=O) groups excluding carboxylic acids is 1. The maximum Gasteiger partial charge on any atom is 0.416 e. The van der Waals surface area contributed by atoms with Gasteiger partial charge in [0.15, 0.2) is 0 Å². The molecule has 4 heteroatoms. The van der Waals surface area contributed by atoms with Crippen molar-refractivity contribution in [3.63, 3.8) is 0 Å². The van der Waals surface area contributed by atoms with E-state index in [0.29, 0.717) is 30.4 Å². The number of rotatable bonds is 1. The summed E-state index contributed by atoms with van der Waals surface area (Å²) >= 11 is 0. The highest BCUT2D eigenvalue weighted by molar-refractivity contribution is 5.64. The molecule has 1 unspecified atom stereocenters. The first-order valence-corrected chi connectivity index (χ1v) is 5.18. The Hall–Kier alpha value is -1.32. The smallest absolute Gasteiger partial charge is 0.303 e. The lowest BCUT2D eigenvalue weighted by Crippen LogP contribution is -2.17. The minimum Gasteiger partial charge on any atom is -0.303 e. The second kappa shape index (κ2) is 3.92. The summed E-state index contributed by atoms with van der Waals surface area (Å²) in [6.45, 7) is 0. The van der Waals surface area contributed by atoms with Gasteiger partial charge in [-0.15, -0.1) is 0 Å². The van der Waals surface area contributed by atoms with E-state index < -0.39 is 11.7 Å². The molecule has 0 N–H and O–H groups in total. The van der Waals surface area contributed by atoms with Gasteiger partial charge in [-0.25, -0.2) is 0 Å². The number of benzene rings is 1. The molecule has 0 aliphatic heterocycles. The summed E-state index contributed by atoms with van der Waals surface area (Å²) in [4.78, 5) is 10.8. The average molecular weight is 228 g/mol. The SMILES string of the molecule is O=CC1CCCc2c1cccc2C(F)(F)F. The second-order valence-electron chi connectivity index (χ2n) is 4.01. The molecule has 0 fully saturated rings. The molecule has 1 aromatic carbocycles. The summed E-state index contributed by atoms with van der Waals surface area (Å²) in [7, 11) is 0. The molecule has 0 radical (unpaired) electrons. The Bertz CT molecular complexity index is 409.